The van der Waals surface area contributed by atoms with E-state index >= 15 is 0 Å². The van der Waals surface area contributed by atoms with Gasteiger partial charge in [-0.3, -0.25) is 4.79 Å². The number of ketones is 1. The SMILES string of the molecule is C=CC(=O)C(C)(C)C([NH3+])(CC)S(=O)(=O)[O-]. The summed E-state index contributed by atoms with van der Waals surface area (Å²) in [7, 11) is -4.66. The van der Waals surface area contributed by atoms with Crippen molar-refractivity contribution in [1.29, 1.82) is 0 Å². The van der Waals surface area contributed by atoms with E-state index in [1.54, 1.807) is 0 Å². The average molecular weight is 235 g/mol. The second-order valence-corrected chi connectivity index (χ2v) is 5.69. The van der Waals surface area contributed by atoms with E-state index in [0.29, 0.717) is 0 Å². The van der Waals surface area contributed by atoms with Gasteiger partial charge < -0.3 is 10.3 Å². The molecule has 0 spiro atoms. The van der Waals surface area contributed by atoms with Crippen molar-refractivity contribution in [1.82, 2.24) is 0 Å². The molecule has 0 bridgehead atoms. The van der Waals surface area contributed by atoms with Gasteiger partial charge in [0.25, 0.3) is 0 Å². The molecule has 0 aliphatic carbocycles. The second kappa shape index (κ2) is 4.03. The summed E-state index contributed by atoms with van der Waals surface area (Å²) in [5, 5.41) is 0. The molecule has 0 radical (unpaired) electrons. The van der Waals surface area contributed by atoms with Crippen LogP contribution in [0.2, 0.25) is 0 Å². The summed E-state index contributed by atoms with van der Waals surface area (Å²) in [6.07, 6.45) is 0.992. The zero-order valence-electron chi connectivity index (χ0n) is 9.24. The zero-order valence-corrected chi connectivity index (χ0v) is 10.1. The lowest BCUT2D eigenvalue weighted by Gasteiger charge is -2.39. The lowest BCUT2D eigenvalue weighted by Crippen LogP contribution is -2.82. The number of quaternary nitrogens is 1. The van der Waals surface area contributed by atoms with Gasteiger partial charge in [-0.15, -0.1) is 0 Å². The van der Waals surface area contributed by atoms with Crippen LogP contribution in [0.25, 0.3) is 0 Å². The maximum absolute atomic E-state index is 11.5. The lowest BCUT2D eigenvalue weighted by atomic mass is 9.78. The summed E-state index contributed by atoms with van der Waals surface area (Å²) in [6, 6.07) is 0. The van der Waals surface area contributed by atoms with Crippen molar-refractivity contribution in [2.75, 3.05) is 0 Å². The van der Waals surface area contributed by atoms with Crippen molar-refractivity contribution in [2.24, 2.45) is 5.41 Å². The summed E-state index contributed by atoms with van der Waals surface area (Å²) in [6.45, 7) is 7.58. The van der Waals surface area contributed by atoms with E-state index in [0.717, 1.165) is 6.08 Å². The van der Waals surface area contributed by atoms with E-state index < -0.39 is 26.2 Å². The molecule has 1 atom stereocenters. The van der Waals surface area contributed by atoms with Crippen molar-refractivity contribution in [3.05, 3.63) is 12.7 Å². The van der Waals surface area contributed by atoms with E-state index in [4.69, 9.17) is 0 Å². The van der Waals surface area contributed by atoms with E-state index in [1.165, 1.54) is 20.8 Å². The Kier molecular flexibility index (Phi) is 3.84. The second-order valence-electron chi connectivity index (χ2n) is 4.00. The molecule has 5 nitrogen and oxygen atoms in total. The Morgan fingerprint density at radius 1 is 1.53 bits per heavy atom. The molecular formula is C9H17NO4S. The van der Waals surface area contributed by atoms with Crippen LogP contribution in [-0.4, -0.2) is 23.6 Å². The van der Waals surface area contributed by atoms with E-state index in [2.05, 4.69) is 12.3 Å². The molecule has 0 amide bonds. The van der Waals surface area contributed by atoms with Gasteiger partial charge in [-0.1, -0.05) is 13.5 Å². The maximum atomic E-state index is 11.5. The van der Waals surface area contributed by atoms with Crippen LogP contribution in [0.1, 0.15) is 27.2 Å². The Morgan fingerprint density at radius 2 is 1.93 bits per heavy atom. The van der Waals surface area contributed by atoms with Gasteiger partial charge in [0.2, 0.25) is 0 Å². The fraction of sp³-hybridized carbons (Fsp3) is 0.667. The topological polar surface area (TPSA) is 102 Å². The van der Waals surface area contributed by atoms with Crippen LogP contribution in [0, 0.1) is 5.41 Å². The van der Waals surface area contributed by atoms with Gasteiger partial charge in [-0.05, 0) is 19.9 Å². The van der Waals surface area contributed by atoms with Crippen LogP contribution in [0.4, 0.5) is 0 Å². The molecule has 0 rings (SSSR count). The molecule has 0 aromatic heterocycles. The van der Waals surface area contributed by atoms with Crippen molar-refractivity contribution in [3.63, 3.8) is 0 Å². The molecule has 15 heavy (non-hydrogen) atoms. The predicted molar refractivity (Wildman–Crippen MR) is 54.6 cm³/mol. The molecule has 1 unspecified atom stereocenters. The van der Waals surface area contributed by atoms with Crippen molar-refractivity contribution in [3.8, 4) is 0 Å². The number of allylic oxidation sites excluding steroid dienone is 1. The Morgan fingerprint density at radius 3 is 2.13 bits per heavy atom. The molecule has 0 fully saturated rings. The third kappa shape index (κ3) is 2.11. The first kappa shape index (κ1) is 14.3. The number of hydrogen-bond acceptors (Lipinski definition) is 4. The lowest BCUT2D eigenvalue weighted by molar-refractivity contribution is -0.464. The predicted octanol–water partition coefficient (Wildman–Crippen LogP) is -0.339. The normalized spacial score (nSPS) is 16.9. The van der Waals surface area contributed by atoms with Crippen molar-refractivity contribution in [2.45, 2.75) is 32.1 Å². The molecule has 88 valence electrons. The minimum absolute atomic E-state index is 0.0224. The summed E-state index contributed by atoms with van der Waals surface area (Å²) < 4.78 is 33.4. The molecule has 0 aliphatic heterocycles. The Hall–Kier alpha value is -0.720. The van der Waals surface area contributed by atoms with Gasteiger partial charge >= 0.3 is 0 Å². The van der Waals surface area contributed by atoms with Crippen molar-refractivity contribution < 1.29 is 23.5 Å². The van der Waals surface area contributed by atoms with Gasteiger partial charge in [0.05, 0.1) is 5.41 Å². The fourth-order valence-corrected chi connectivity index (χ4v) is 2.49. The van der Waals surface area contributed by atoms with Crippen LogP contribution >= 0.6 is 0 Å². The molecule has 0 saturated heterocycles. The number of carbonyl (C=O) groups is 1. The third-order valence-electron chi connectivity index (χ3n) is 2.99. The highest BCUT2D eigenvalue weighted by Gasteiger charge is 2.53. The molecule has 0 aromatic rings. The highest BCUT2D eigenvalue weighted by atomic mass is 32.2. The van der Waals surface area contributed by atoms with Gasteiger partial charge in [-0.25, -0.2) is 8.42 Å². The van der Waals surface area contributed by atoms with Crippen LogP contribution in [-0.2, 0) is 14.9 Å². The molecule has 0 aromatic carbocycles. The molecule has 0 heterocycles. The highest BCUT2D eigenvalue weighted by molar-refractivity contribution is 7.87. The van der Waals surface area contributed by atoms with E-state index in [-0.39, 0.29) is 6.42 Å². The third-order valence-corrected chi connectivity index (χ3v) is 4.75. The van der Waals surface area contributed by atoms with Gasteiger partial charge in [-0.2, -0.15) is 0 Å². The largest absolute Gasteiger partial charge is 0.743 e. The standard InChI is InChI=1S/C9H17NO4S/c1-5-7(11)8(3,4)9(10,6-2)15(12,13)14/h5H,1,6,10H2,2-4H3,(H,12,13,14). The minimum atomic E-state index is -4.66. The Balaban J connectivity index is 5.70. The monoisotopic (exact) mass is 235 g/mol. The number of hydrogen-bond donors (Lipinski definition) is 1. The number of rotatable bonds is 5. The zero-order chi connectivity index (χ0) is 12.5. The minimum Gasteiger partial charge on any atom is -0.743 e. The molecule has 0 saturated carbocycles. The molecule has 0 aliphatic rings. The molecule has 6 heteroatoms. The van der Waals surface area contributed by atoms with Gasteiger partial charge in [0, 0.05) is 6.42 Å². The van der Waals surface area contributed by atoms with Gasteiger partial charge in [0.1, 0.15) is 0 Å². The first-order chi connectivity index (χ1) is 6.54. The number of carbonyl (C=O) groups excluding carboxylic acids is 1. The quantitative estimate of drug-likeness (QED) is 0.520. The molecular weight excluding hydrogens is 218 g/mol. The summed E-state index contributed by atoms with van der Waals surface area (Å²) in [5.41, 5.74) is 2.06. The first-order valence-corrected chi connectivity index (χ1v) is 5.93. The van der Waals surface area contributed by atoms with Crippen LogP contribution < -0.4 is 5.73 Å². The molecule has 3 N–H and O–H groups in total. The summed E-state index contributed by atoms with van der Waals surface area (Å²) in [4.78, 5) is 9.67. The Bertz CT molecular complexity index is 372. The summed E-state index contributed by atoms with van der Waals surface area (Å²) in [5.74, 6) is -0.501. The van der Waals surface area contributed by atoms with E-state index in [9.17, 15) is 17.8 Å². The Labute approximate surface area is 90.1 Å². The van der Waals surface area contributed by atoms with E-state index in [1.807, 2.05) is 0 Å². The smallest absolute Gasteiger partial charge is 0.196 e. The summed E-state index contributed by atoms with van der Waals surface area (Å²) >= 11 is 0. The first-order valence-electron chi connectivity index (χ1n) is 4.52. The maximum Gasteiger partial charge on any atom is 0.196 e. The average Bonchev–Trinajstić information content (AvgIpc) is 2.12. The fourth-order valence-electron chi connectivity index (χ4n) is 1.41. The van der Waals surface area contributed by atoms with Crippen molar-refractivity contribution >= 4 is 15.9 Å². The van der Waals surface area contributed by atoms with Crippen LogP contribution in [0.3, 0.4) is 0 Å². The van der Waals surface area contributed by atoms with Gasteiger partial charge in [0.15, 0.2) is 20.8 Å². The van der Waals surface area contributed by atoms with Crippen LogP contribution in [0.5, 0.6) is 0 Å². The highest BCUT2D eigenvalue weighted by Crippen LogP contribution is 2.35. The van der Waals surface area contributed by atoms with Crippen LogP contribution in [0.15, 0.2) is 12.7 Å².